The molecule has 0 bridgehead atoms. The number of hydrogen-bond acceptors (Lipinski definition) is 3. The van der Waals surface area contributed by atoms with E-state index >= 15 is 0 Å². The molecule has 0 fully saturated rings. The third-order valence-electron chi connectivity index (χ3n) is 1.60. The lowest BCUT2D eigenvalue weighted by Crippen LogP contribution is -2.11. The van der Waals surface area contributed by atoms with Crippen LogP contribution in [0.3, 0.4) is 0 Å². The second-order valence-corrected chi connectivity index (χ2v) is 2.75. The smallest absolute Gasteiger partial charge is 0.330 e. The molecule has 1 aromatic rings. The van der Waals surface area contributed by atoms with Gasteiger partial charge in [0.05, 0.1) is 0 Å². The minimum absolute atomic E-state index is 0.185. The molecule has 78 valence electrons. The molecule has 3 nitrogen and oxygen atoms in total. The van der Waals surface area contributed by atoms with Gasteiger partial charge in [-0.2, -0.15) is 13.2 Å². The first-order chi connectivity index (χ1) is 6.54. The molecule has 0 saturated heterocycles. The maximum Gasteiger partial charge on any atom is 0.433 e. The predicted molar refractivity (Wildman–Crippen MR) is 44.4 cm³/mol. The highest BCUT2D eigenvalue weighted by atomic mass is 19.4. The van der Waals surface area contributed by atoms with Crippen LogP contribution in [0, 0.1) is 0 Å². The molecule has 1 aromatic heterocycles. The van der Waals surface area contributed by atoms with E-state index in [1.807, 2.05) is 0 Å². The molecular formula is C8H10F3N3. The molecule has 0 spiro atoms. The quantitative estimate of drug-likeness (QED) is 0.811. The van der Waals surface area contributed by atoms with E-state index in [1.54, 1.807) is 0 Å². The highest BCUT2D eigenvalue weighted by Crippen LogP contribution is 2.26. The summed E-state index contributed by atoms with van der Waals surface area (Å²) < 4.78 is 36.5. The van der Waals surface area contributed by atoms with Crippen molar-refractivity contribution in [2.45, 2.75) is 19.0 Å². The summed E-state index contributed by atoms with van der Waals surface area (Å²) in [5.41, 5.74) is 4.32. The third kappa shape index (κ3) is 2.95. The van der Waals surface area contributed by atoms with Crippen LogP contribution in [-0.2, 0) is 12.6 Å². The molecule has 6 heteroatoms. The molecule has 1 rings (SSSR count). The van der Waals surface area contributed by atoms with E-state index in [1.165, 1.54) is 0 Å². The lowest BCUT2D eigenvalue weighted by molar-refractivity contribution is -0.141. The molecule has 0 unspecified atom stereocenters. The summed E-state index contributed by atoms with van der Waals surface area (Å²) in [6.45, 7) is 0.416. The van der Waals surface area contributed by atoms with Gasteiger partial charge < -0.3 is 5.73 Å². The van der Waals surface area contributed by atoms with Crippen molar-refractivity contribution in [3.05, 3.63) is 23.8 Å². The number of halogens is 3. The van der Waals surface area contributed by atoms with Crippen molar-refractivity contribution in [3.63, 3.8) is 0 Å². The van der Waals surface area contributed by atoms with Crippen molar-refractivity contribution < 1.29 is 13.2 Å². The molecule has 0 radical (unpaired) electrons. The maximum atomic E-state index is 12.2. The van der Waals surface area contributed by atoms with Gasteiger partial charge in [0.2, 0.25) is 0 Å². The van der Waals surface area contributed by atoms with Crippen molar-refractivity contribution in [1.29, 1.82) is 0 Å². The molecule has 0 atom stereocenters. The topological polar surface area (TPSA) is 51.8 Å². The van der Waals surface area contributed by atoms with Crippen LogP contribution in [-0.4, -0.2) is 16.5 Å². The standard InChI is InChI=1S/C8H10F3N3/c9-8(10,11)6-3-5-13-7(14-6)2-1-4-12/h3,5H,1-2,4,12H2. The highest BCUT2D eigenvalue weighted by Gasteiger charge is 2.32. The summed E-state index contributed by atoms with van der Waals surface area (Å²) >= 11 is 0. The fraction of sp³-hybridized carbons (Fsp3) is 0.500. The first-order valence-electron chi connectivity index (χ1n) is 4.13. The average molecular weight is 205 g/mol. The van der Waals surface area contributed by atoms with Crippen molar-refractivity contribution in [2.75, 3.05) is 6.54 Å². The molecule has 0 aromatic carbocycles. The fourth-order valence-electron chi connectivity index (χ4n) is 0.938. The fourth-order valence-corrected chi connectivity index (χ4v) is 0.938. The van der Waals surface area contributed by atoms with Gasteiger partial charge in [0.25, 0.3) is 0 Å². The largest absolute Gasteiger partial charge is 0.433 e. The van der Waals surface area contributed by atoms with Crippen molar-refractivity contribution in [1.82, 2.24) is 9.97 Å². The van der Waals surface area contributed by atoms with Crippen LogP contribution in [0.2, 0.25) is 0 Å². The van der Waals surface area contributed by atoms with Crippen LogP contribution in [0.1, 0.15) is 17.9 Å². The first-order valence-corrected chi connectivity index (χ1v) is 4.13. The van der Waals surface area contributed by atoms with Gasteiger partial charge in [-0.1, -0.05) is 0 Å². The Morgan fingerprint density at radius 1 is 1.36 bits per heavy atom. The monoisotopic (exact) mass is 205 g/mol. The molecule has 1 heterocycles. The molecule has 0 saturated carbocycles. The van der Waals surface area contributed by atoms with E-state index in [-0.39, 0.29) is 5.82 Å². The van der Waals surface area contributed by atoms with Crippen LogP contribution in [0.25, 0.3) is 0 Å². The number of rotatable bonds is 3. The zero-order chi connectivity index (χ0) is 10.6. The molecular weight excluding hydrogens is 195 g/mol. The zero-order valence-electron chi connectivity index (χ0n) is 7.38. The van der Waals surface area contributed by atoms with Crippen LogP contribution in [0.15, 0.2) is 12.3 Å². The summed E-state index contributed by atoms with van der Waals surface area (Å²) in [7, 11) is 0. The van der Waals surface area contributed by atoms with Gasteiger partial charge in [0.1, 0.15) is 11.5 Å². The highest BCUT2D eigenvalue weighted by molar-refractivity contribution is 5.06. The molecule has 0 aliphatic heterocycles. The minimum atomic E-state index is -4.40. The van der Waals surface area contributed by atoms with Gasteiger partial charge in [-0.25, -0.2) is 9.97 Å². The number of aryl methyl sites for hydroxylation is 1. The zero-order valence-corrected chi connectivity index (χ0v) is 7.38. The Kier molecular flexibility index (Phi) is 3.40. The molecule has 0 aliphatic carbocycles. The van der Waals surface area contributed by atoms with Gasteiger partial charge in [0, 0.05) is 12.6 Å². The summed E-state index contributed by atoms with van der Waals surface area (Å²) in [6.07, 6.45) is -2.33. The Morgan fingerprint density at radius 2 is 2.07 bits per heavy atom. The van der Waals surface area contributed by atoms with Crippen LogP contribution >= 0.6 is 0 Å². The predicted octanol–water partition coefficient (Wildman–Crippen LogP) is 1.39. The van der Waals surface area contributed by atoms with E-state index in [4.69, 9.17) is 5.73 Å². The van der Waals surface area contributed by atoms with E-state index in [2.05, 4.69) is 9.97 Å². The van der Waals surface area contributed by atoms with Crippen molar-refractivity contribution in [2.24, 2.45) is 5.73 Å². The lowest BCUT2D eigenvalue weighted by atomic mass is 10.3. The van der Waals surface area contributed by atoms with E-state index in [0.29, 0.717) is 19.4 Å². The van der Waals surface area contributed by atoms with Gasteiger partial charge in [-0.3, -0.25) is 0 Å². The Bertz CT molecular complexity index is 298. The Morgan fingerprint density at radius 3 is 2.64 bits per heavy atom. The number of aromatic nitrogens is 2. The van der Waals surface area contributed by atoms with Gasteiger partial charge in [-0.05, 0) is 19.0 Å². The van der Waals surface area contributed by atoms with E-state index in [0.717, 1.165) is 12.3 Å². The summed E-state index contributed by atoms with van der Waals surface area (Å²) in [6, 6.07) is 0.853. The molecule has 2 N–H and O–H groups in total. The van der Waals surface area contributed by atoms with Crippen LogP contribution in [0.5, 0.6) is 0 Å². The first kappa shape index (κ1) is 10.9. The molecule has 0 aliphatic rings. The van der Waals surface area contributed by atoms with Crippen LogP contribution in [0.4, 0.5) is 13.2 Å². The molecule has 0 amide bonds. The number of nitrogens with zero attached hydrogens (tertiary/aromatic N) is 2. The number of hydrogen-bond donors (Lipinski definition) is 1. The van der Waals surface area contributed by atoms with E-state index < -0.39 is 11.9 Å². The van der Waals surface area contributed by atoms with Crippen LogP contribution < -0.4 is 5.73 Å². The Hall–Kier alpha value is -1.17. The van der Waals surface area contributed by atoms with E-state index in [9.17, 15) is 13.2 Å². The van der Waals surface area contributed by atoms with Gasteiger partial charge >= 0.3 is 6.18 Å². The summed E-state index contributed by atoms with van der Waals surface area (Å²) in [5.74, 6) is 0.185. The third-order valence-corrected chi connectivity index (χ3v) is 1.60. The summed E-state index contributed by atoms with van der Waals surface area (Å²) in [5, 5.41) is 0. The Balaban J connectivity index is 2.79. The molecule has 14 heavy (non-hydrogen) atoms. The summed E-state index contributed by atoms with van der Waals surface area (Å²) in [4.78, 5) is 7.11. The van der Waals surface area contributed by atoms with Crippen molar-refractivity contribution in [3.8, 4) is 0 Å². The van der Waals surface area contributed by atoms with Gasteiger partial charge in [-0.15, -0.1) is 0 Å². The normalized spacial score (nSPS) is 11.7. The number of nitrogens with two attached hydrogens (primary N) is 1. The Labute approximate surface area is 79.2 Å². The minimum Gasteiger partial charge on any atom is -0.330 e. The maximum absolute atomic E-state index is 12.2. The van der Waals surface area contributed by atoms with Gasteiger partial charge in [0.15, 0.2) is 0 Å². The lowest BCUT2D eigenvalue weighted by Gasteiger charge is -2.06. The number of alkyl halides is 3. The average Bonchev–Trinajstić information content (AvgIpc) is 2.14. The second-order valence-electron chi connectivity index (χ2n) is 2.75. The SMILES string of the molecule is NCCCc1nccc(C(F)(F)F)n1. The second kappa shape index (κ2) is 4.36. The van der Waals surface area contributed by atoms with Crippen molar-refractivity contribution >= 4 is 0 Å².